The van der Waals surface area contributed by atoms with Crippen LogP contribution in [0.5, 0.6) is 17.2 Å². The van der Waals surface area contributed by atoms with Gasteiger partial charge in [0.15, 0.2) is 0 Å². The third-order valence-corrected chi connectivity index (χ3v) is 5.29. The standard InChI is InChI=1S/C26H21ClN2O6/c1-33-21-3-2-4-22(16-21)35-14-13-34-20-11-5-17(6-12-20)15-23-24(30)28-26(32)29(25(23)31)19-9-7-18(27)8-10-19/h2-12,15-16H,13-14H2,1H3,(H,28,30,32)/b23-15-. The van der Waals surface area contributed by atoms with Gasteiger partial charge in [-0.15, -0.1) is 0 Å². The number of carbonyl (C=O) groups excluding carboxylic acids is 3. The van der Waals surface area contributed by atoms with Gasteiger partial charge in [-0.3, -0.25) is 14.9 Å². The van der Waals surface area contributed by atoms with E-state index in [0.29, 0.717) is 46.7 Å². The van der Waals surface area contributed by atoms with Crippen LogP contribution in [0, 0.1) is 0 Å². The predicted octanol–water partition coefficient (Wildman–Crippen LogP) is 4.47. The molecule has 0 atom stereocenters. The van der Waals surface area contributed by atoms with Crippen LogP contribution in [0.2, 0.25) is 5.02 Å². The van der Waals surface area contributed by atoms with Gasteiger partial charge in [-0.05, 0) is 60.2 Å². The number of amides is 4. The van der Waals surface area contributed by atoms with Gasteiger partial charge >= 0.3 is 6.03 Å². The van der Waals surface area contributed by atoms with E-state index < -0.39 is 17.8 Å². The Morgan fingerprint density at radius 1 is 0.857 bits per heavy atom. The van der Waals surface area contributed by atoms with E-state index in [4.69, 9.17) is 25.8 Å². The first kappa shape index (κ1) is 23.8. The van der Waals surface area contributed by atoms with Gasteiger partial charge in [0, 0.05) is 11.1 Å². The highest BCUT2D eigenvalue weighted by Gasteiger charge is 2.36. The fraction of sp³-hybridized carbons (Fsp3) is 0.115. The van der Waals surface area contributed by atoms with Crippen molar-refractivity contribution in [1.82, 2.24) is 5.32 Å². The molecule has 4 amide bonds. The summed E-state index contributed by atoms with van der Waals surface area (Å²) in [4.78, 5) is 38.4. The average molecular weight is 493 g/mol. The third kappa shape index (κ3) is 5.80. The first-order chi connectivity index (χ1) is 16.9. The molecule has 35 heavy (non-hydrogen) atoms. The van der Waals surface area contributed by atoms with Gasteiger partial charge in [0.1, 0.15) is 36.0 Å². The summed E-state index contributed by atoms with van der Waals surface area (Å²) in [6, 6.07) is 19.5. The number of carbonyl (C=O) groups is 3. The highest BCUT2D eigenvalue weighted by atomic mass is 35.5. The van der Waals surface area contributed by atoms with Gasteiger partial charge in [-0.25, -0.2) is 9.69 Å². The number of rotatable bonds is 8. The van der Waals surface area contributed by atoms with Gasteiger partial charge in [-0.2, -0.15) is 0 Å². The van der Waals surface area contributed by atoms with Crippen LogP contribution >= 0.6 is 11.6 Å². The molecule has 1 saturated heterocycles. The van der Waals surface area contributed by atoms with E-state index in [2.05, 4.69) is 5.32 Å². The number of hydrogen-bond acceptors (Lipinski definition) is 6. The minimum Gasteiger partial charge on any atom is -0.497 e. The van der Waals surface area contributed by atoms with Gasteiger partial charge in [0.25, 0.3) is 11.8 Å². The Labute approximate surface area is 206 Å². The van der Waals surface area contributed by atoms with Crippen LogP contribution < -0.4 is 24.4 Å². The Morgan fingerprint density at radius 3 is 2.20 bits per heavy atom. The minimum atomic E-state index is -0.820. The fourth-order valence-corrected chi connectivity index (χ4v) is 3.45. The lowest BCUT2D eigenvalue weighted by atomic mass is 10.1. The van der Waals surface area contributed by atoms with E-state index in [9.17, 15) is 14.4 Å². The lowest BCUT2D eigenvalue weighted by Gasteiger charge is -2.26. The highest BCUT2D eigenvalue weighted by Crippen LogP contribution is 2.24. The van der Waals surface area contributed by atoms with Crippen molar-refractivity contribution in [2.45, 2.75) is 0 Å². The van der Waals surface area contributed by atoms with Crippen LogP contribution in [0.25, 0.3) is 6.08 Å². The maximum Gasteiger partial charge on any atom is 0.335 e. The molecule has 1 aliphatic heterocycles. The van der Waals surface area contributed by atoms with E-state index >= 15 is 0 Å². The molecule has 0 unspecified atom stereocenters. The summed E-state index contributed by atoms with van der Waals surface area (Å²) in [5, 5.41) is 2.65. The fourth-order valence-electron chi connectivity index (χ4n) is 3.32. The molecule has 0 aliphatic carbocycles. The highest BCUT2D eigenvalue weighted by molar-refractivity contribution is 6.39. The van der Waals surface area contributed by atoms with E-state index in [1.807, 2.05) is 18.2 Å². The van der Waals surface area contributed by atoms with Crippen LogP contribution in [-0.4, -0.2) is 38.2 Å². The summed E-state index contributed by atoms with van der Waals surface area (Å²) in [6.07, 6.45) is 1.42. The molecule has 0 spiro atoms. The molecule has 3 aromatic rings. The van der Waals surface area contributed by atoms with Crippen molar-refractivity contribution in [2.75, 3.05) is 25.2 Å². The minimum absolute atomic E-state index is 0.167. The van der Waals surface area contributed by atoms with Crippen LogP contribution in [0.1, 0.15) is 5.56 Å². The number of nitrogens with one attached hydrogen (secondary N) is 1. The summed E-state index contributed by atoms with van der Waals surface area (Å²) in [6.45, 7) is 0.652. The largest absolute Gasteiger partial charge is 0.497 e. The number of anilines is 1. The average Bonchev–Trinajstić information content (AvgIpc) is 2.86. The molecule has 9 heteroatoms. The normalized spacial score (nSPS) is 14.6. The Kier molecular flexibility index (Phi) is 7.32. The molecule has 178 valence electrons. The van der Waals surface area contributed by atoms with Crippen LogP contribution in [-0.2, 0) is 9.59 Å². The molecule has 1 fully saturated rings. The first-order valence-corrected chi connectivity index (χ1v) is 11.0. The maximum atomic E-state index is 12.9. The van der Waals surface area contributed by atoms with Crippen LogP contribution in [0.3, 0.4) is 0 Å². The molecule has 0 saturated carbocycles. The summed E-state index contributed by atoms with van der Waals surface area (Å²) in [5.41, 5.74) is 0.726. The SMILES string of the molecule is COc1cccc(OCCOc2ccc(/C=C3/C(=O)NC(=O)N(c4ccc(Cl)cc4)C3=O)cc2)c1. The lowest BCUT2D eigenvalue weighted by molar-refractivity contribution is -0.122. The first-order valence-electron chi connectivity index (χ1n) is 10.6. The number of benzene rings is 3. The van der Waals surface area contributed by atoms with Crippen molar-refractivity contribution in [3.05, 3.63) is 89.0 Å². The van der Waals surface area contributed by atoms with E-state index in [-0.39, 0.29) is 5.57 Å². The monoisotopic (exact) mass is 492 g/mol. The summed E-state index contributed by atoms with van der Waals surface area (Å²) >= 11 is 5.88. The van der Waals surface area contributed by atoms with Crippen molar-refractivity contribution in [3.8, 4) is 17.2 Å². The number of hydrogen-bond donors (Lipinski definition) is 1. The van der Waals surface area contributed by atoms with Crippen LogP contribution in [0.15, 0.2) is 78.4 Å². The Hall–Kier alpha value is -4.30. The second-order valence-corrected chi connectivity index (χ2v) is 7.82. The van der Waals surface area contributed by atoms with Crippen LogP contribution in [0.4, 0.5) is 10.5 Å². The zero-order valence-electron chi connectivity index (χ0n) is 18.7. The van der Waals surface area contributed by atoms with Crippen molar-refractivity contribution < 1.29 is 28.6 Å². The maximum absolute atomic E-state index is 12.9. The van der Waals surface area contributed by atoms with Gasteiger partial charge in [0.2, 0.25) is 0 Å². The number of barbiturate groups is 1. The zero-order valence-corrected chi connectivity index (χ0v) is 19.5. The van der Waals surface area contributed by atoms with Gasteiger partial charge in [0.05, 0.1) is 12.8 Å². The van der Waals surface area contributed by atoms with Gasteiger partial charge in [-0.1, -0.05) is 29.8 Å². The number of nitrogens with zero attached hydrogens (tertiary/aromatic N) is 1. The molecule has 0 bridgehead atoms. The summed E-state index contributed by atoms with van der Waals surface area (Å²) < 4.78 is 16.5. The third-order valence-electron chi connectivity index (χ3n) is 5.04. The Morgan fingerprint density at radius 2 is 1.51 bits per heavy atom. The van der Waals surface area contributed by atoms with E-state index in [1.165, 1.54) is 18.2 Å². The molecule has 1 aliphatic rings. The smallest absolute Gasteiger partial charge is 0.335 e. The molecule has 0 aromatic heterocycles. The number of ether oxygens (including phenoxy) is 3. The molecule has 0 radical (unpaired) electrons. The van der Waals surface area contributed by atoms with E-state index in [0.717, 1.165) is 4.90 Å². The second-order valence-electron chi connectivity index (χ2n) is 7.38. The zero-order chi connectivity index (χ0) is 24.8. The topological polar surface area (TPSA) is 94.2 Å². The number of imide groups is 2. The Bertz CT molecular complexity index is 1270. The molecule has 8 nitrogen and oxygen atoms in total. The molecular formula is C26H21ClN2O6. The molecule has 4 rings (SSSR count). The van der Waals surface area contributed by atoms with Crippen molar-refractivity contribution in [1.29, 1.82) is 0 Å². The summed E-state index contributed by atoms with van der Waals surface area (Å²) in [5.74, 6) is 0.491. The van der Waals surface area contributed by atoms with Crippen molar-refractivity contribution in [3.63, 3.8) is 0 Å². The quantitative estimate of drug-likeness (QED) is 0.283. The number of halogens is 1. The second kappa shape index (κ2) is 10.8. The molecule has 1 heterocycles. The number of methoxy groups -OCH3 is 1. The number of urea groups is 1. The molecular weight excluding hydrogens is 472 g/mol. The predicted molar refractivity (Wildman–Crippen MR) is 131 cm³/mol. The summed E-state index contributed by atoms with van der Waals surface area (Å²) in [7, 11) is 1.59. The Balaban J connectivity index is 1.38. The molecule has 3 aromatic carbocycles. The van der Waals surface area contributed by atoms with Gasteiger partial charge < -0.3 is 14.2 Å². The lowest BCUT2D eigenvalue weighted by Crippen LogP contribution is -2.54. The van der Waals surface area contributed by atoms with Crippen molar-refractivity contribution >= 4 is 41.2 Å². The van der Waals surface area contributed by atoms with E-state index in [1.54, 1.807) is 49.6 Å². The van der Waals surface area contributed by atoms with Crippen molar-refractivity contribution in [2.24, 2.45) is 0 Å². The molecule has 1 N–H and O–H groups in total.